The summed E-state index contributed by atoms with van der Waals surface area (Å²) >= 11 is 6.02. The first-order valence-electron chi connectivity index (χ1n) is 10.6. The van der Waals surface area contributed by atoms with E-state index in [2.05, 4.69) is 46.9 Å². The van der Waals surface area contributed by atoms with Crippen LogP contribution in [0.5, 0.6) is 0 Å². The molecule has 1 aromatic heterocycles. The number of hydrogen-bond donors (Lipinski definition) is 2. The predicted octanol–water partition coefficient (Wildman–Crippen LogP) is 4.97. The van der Waals surface area contributed by atoms with Crippen molar-refractivity contribution in [2.24, 2.45) is 0 Å². The molecule has 0 atom stereocenters. The highest BCUT2D eigenvalue weighted by Gasteiger charge is 2.23. The van der Waals surface area contributed by atoms with E-state index in [0.29, 0.717) is 10.6 Å². The lowest BCUT2D eigenvalue weighted by molar-refractivity contribution is 0.0847. The van der Waals surface area contributed by atoms with Crippen molar-refractivity contribution in [1.29, 1.82) is 0 Å². The Balaban J connectivity index is 1.30. The number of hydrazine groups is 1. The average molecular weight is 457 g/mol. The number of benzene rings is 3. The minimum atomic E-state index is -0.479. The van der Waals surface area contributed by atoms with Gasteiger partial charge in [-0.25, -0.2) is 4.98 Å². The summed E-state index contributed by atoms with van der Waals surface area (Å²) in [6, 6.07) is 22.4. The number of amides is 2. The Hall–Kier alpha value is -3.90. The number of anilines is 2. The van der Waals surface area contributed by atoms with Crippen LogP contribution in [-0.4, -0.2) is 23.3 Å². The minimum absolute atomic E-state index is 0.290. The third-order valence-corrected chi connectivity index (χ3v) is 6.07. The van der Waals surface area contributed by atoms with Crippen molar-refractivity contribution >= 4 is 45.8 Å². The number of carbonyl (C=O) groups excluding carboxylic acids is 2. The van der Waals surface area contributed by atoms with Crippen molar-refractivity contribution in [3.63, 3.8) is 0 Å². The second-order valence-corrected chi connectivity index (χ2v) is 8.41. The van der Waals surface area contributed by atoms with Gasteiger partial charge in [0.1, 0.15) is 5.82 Å². The molecule has 1 aliphatic heterocycles. The molecule has 33 heavy (non-hydrogen) atoms. The molecule has 164 valence electrons. The van der Waals surface area contributed by atoms with E-state index in [9.17, 15) is 9.59 Å². The van der Waals surface area contributed by atoms with Gasteiger partial charge in [-0.3, -0.25) is 20.4 Å². The van der Waals surface area contributed by atoms with Gasteiger partial charge in [0.05, 0.1) is 16.1 Å². The first kappa shape index (κ1) is 21.0. The number of nitrogens with one attached hydrogen (secondary N) is 2. The number of aryl methyl sites for hydroxylation is 1. The van der Waals surface area contributed by atoms with Gasteiger partial charge >= 0.3 is 0 Å². The molecule has 0 spiro atoms. The molecule has 0 radical (unpaired) electrons. The molecule has 2 heterocycles. The van der Waals surface area contributed by atoms with Gasteiger partial charge in [0.2, 0.25) is 0 Å². The predicted molar refractivity (Wildman–Crippen MR) is 130 cm³/mol. The fraction of sp³-hybridized carbons (Fsp3) is 0.115. The lowest BCUT2D eigenvalue weighted by Gasteiger charge is -2.19. The molecule has 2 N–H and O–H groups in total. The van der Waals surface area contributed by atoms with Crippen LogP contribution in [0, 0.1) is 6.92 Å². The van der Waals surface area contributed by atoms with E-state index >= 15 is 0 Å². The van der Waals surface area contributed by atoms with Crippen LogP contribution in [0.2, 0.25) is 5.02 Å². The Morgan fingerprint density at radius 1 is 0.939 bits per heavy atom. The first-order valence-corrected chi connectivity index (χ1v) is 11.0. The van der Waals surface area contributed by atoms with Crippen molar-refractivity contribution in [3.05, 3.63) is 100 Å². The van der Waals surface area contributed by atoms with Gasteiger partial charge in [-0.1, -0.05) is 35.9 Å². The largest absolute Gasteiger partial charge is 0.326 e. The summed E-state index contributed by atoms with van der Waals surface area (Å²) in [4.78, 5) is 31.8. The molecule has 0 aliphatic carbocycles. The average Bonchev–Trinajstić information content (AvgIpc) is 3.24. The number of fused-ring (bicyclic) bond motifs is 2. The Morgan fingerprint density at radius 2 is 1.70 bits per heavy atom. The number of carbonyl (C=O) groups is 2. The zero-order valence-electron chi connectivity index (χ0n) is 17.9. The molecule has 5 rings (SSSR count). The Bertz CT molecular complexity index is 1390. The van der Waals surface area contributed by atoms with Crippen molar-refractivity contribution in [1.82, 2.24) is 15.8 Å². The van der Waals surface area contributed by atoms with E-state index in [0.717, 1.165) is 35.4 Å². The van der Waals surface area contributed by atoms with Crippen molar-refractivity contribution in [2.45, 2.75) is 13.3 Å². The molecule has 7 heteroatoms. The monoisotopic (exact) mass is 456 g/mol. The van der Waals surface area contributed by atoms with Gasteiger partial charge < -0.3 is 4.90 Å². The van der Waals surface area contributed by atoms with Crippen LogP contribution < -0.4 is 15.8 Å². The Labute approximate surface area is 196 Å². The summed E-state index contributed by atoms with van der Waals surface area (Å²) in [5.74, 6) is 0.0634. The highest BCUT2D eigenvalue weighted by atomic mass is 35.5. The topological polar surface area (TPSA) is 74.3 Å². The van der Waals surface area contributed by atoms with E-state index in [1.807, 2.05) is 12.1 Å². The molecule has 3 aromatic carbocycles. The zero-order valence-corrected chi connectivity index (χ0v) is 18.7. The van der Waals surface area contributed by atoms with Crippen molar-refractivity contribution in [3.8, 4) is 0 Å². The Kier molecular flexibility index (Phi) is 5.44. The second-order valence-electron chi connectivity index (χ2n) is 8.00. The molecule has 1 aliphatic rings. The second kappa shape index (κ2) is 8.56. The van der Waals surface area contributed by atoms with Crippen LogP contribution in [0.15, 0.2) is 72.8 Å². The highest BCUT2D eigenvalue weighted by Crippen LogP contribution is 2.35. The van der Waals surface area contributed by atoms with Crippen LogP contribution in [0.1, 0.15) is 31.8 Å². The van der Waals surface area contributed by atoms with Crippen LogP contribution >= 0.6 is 11.6 Å². The number of rotatable bonds is 3. The summed E-state index contributed by atoms with van der Waals surface area (Å²) in [5.41, 5.74) is 9.89. The van der Waals surface area contributed by atoms with Crippen LogP contribution in [0.4, 0.5) is 11.5 Å². The maximum Gasteiger partial charge on any atom is 0.271 e. The van der Waals surface area contributed by atoms with Gasteiger partial charge in [0, 0.05) is 23.2 Å². The quantitative estimate of drug-likeness (QED) is 0.427. The van der Waals surface area contributed by atoms with Gasteiger partial charge in [0.15, 0.2) is 0 Å². The minimum Gasteiger partial charge on any atom is -0.326 e. The molecule has 0 fully saturated rings. The number of aromatic nitrogens is 1. The van der Waals surface area contributed by atoms with Crippen molar-refractivity contribution in [2.75, 3.05) is 11.4 Å². The molecule has 0 unspecified atom stereocenters. The lowest BCUT2D eigenvalue weighted by atomic mass is 10.1. The van der Waals surface area contributed by atoms with E-state index in [1.54, 1.807) is 36.4 Å². The van der Waals surface area contributed by atoms with E-state index in [-0.39, 0.29) is 5.56 Å². The summed E-state index contributed by atoms with van der Waals surface area (Å²) in [6.45, 7) is 2.89. The number of halogens is 1. The Morgan fingerprint density at radius 3 is 2.48 bits per heavy atom. The maximum absolute atomic E-state index is 12.5. The molecular weight excluding hydrogens is 436 g/mol. The summed E-state index contributed by atoms with van der Waals surface area (Å²) in [5, 5.41) is 1.46. The molecule has 2 amide bonds. The van der Waals surface area contributed by atoms with Gasteiger partial charge in [0.25, 0.3) is 11.8 Å². The maximum atomic E-state index is 12.5. The number of nitrogens with zero attached hydrogens (tertiary/aromatic N) is 2. The summed E-state index contributed by atoms with van der Waals surface area (Å²) in [7, 11) is 0. The molecule has 6 nitrogen and oxygen atoms in total. The van der Waals surface area contributed by atoms with Gasteiger partial charge in [-0.2, -0.15) is 0 Å². The molecule has 0 saturated carbocycles. The normalized spacial score (nSPS) is 12.5. The SMILES string of the molecule is Cc1ccc2cc3c(nc2c1)N(c1ccc(C(=O)NNC(=O)c2ccccc2Cl)cc1)CC3. The third kappa shape index (κ3) is 4.13. The fourth-order valence-electron chi connectivity index (χ4n) is 4.01. The van der Waals surface area contributed by atoms with E-state index in [4.69, 9.17) is 16.6 Å². The lowest BCUT2D eigenvalue weighted by Crippen LogP contribution is -2.41. The summed E-state index contributed by atoms with van der Waals surface area (Å²) < 4.78 is 0. The number of pyridine rings is 1. The van der Waals surface area contributed by atoms with Crippen molar-refractivity contribution < 1.29 is 9.59 Å². The van der Waals surface area contributed by atoms with E-state index < -0.39 is 11.8 Å². The van der Waals surface area contributed by atoms with Crippen LogP contribution in [0.25, 0.3) is 10.9 Å². The van der Waals surface area contributed by atoms with Crippen LogP contribution in [0.3, 0.4) is 0 Å². The van der Waals surface area contributed by atoms with Gasteiger partial charge in [-0.05, 0) is 73.0 Å². The highest BCUT2D eigenvalue weighted by molar-refractivity contribution is 6.33. The first-order chi connectivity index (χ1) is 16.0. The van der Waals surface area contributed by atoms with E-state index in [1.165, 1.54) is 11.1 Å². The number of hydrogen-bond acceptors (Lipinski definition) is 4. The molecule has 4 aromatic rings. The smallest absolute Gasteiger partial charge is 0.271 e. The fourth-order valence-corrected chi connectivity index (χ4v) is 4.23. The molecule has 0 bridgehead atoms. The van der Waals surface area contributed by atoms with Crippen LogP contribution in [-0.2, 0) is 6.42 Å². The summed E-state index contributed by atoms with van der Waals surface area (Å²) in [6.07, 6.45) is 0.919. The standard InChI is InChI=1S/C26H21ClN4O2/c1-16-6-7-18-15-19-12-13-31(24(19)28-23(18)14-16)20-10-8-17(9-11-20)25(32)29-30-26(33)21-4-2-3-5-22(21)27/h2-11,14-15H,12-13H2,1H3,(H,29,32)(H,30,33). The van der Waals surface area contributed by atoms with Gasteiger partial charge in [-0.15, -0.1) is 0 Å². The zero-order chi connectivity index (χ0) is 22.9. The molecular formula is C26H21ClN4O2. The molecule has 0 saturated heterocycles. The third-order valence-electron chi connectivity index (χ3n) is 5.74.